The molecule has 2 fully saturated rings. The van der Waals surface area contributed by atoms with Crippen molar-refractivity contribution in [2.45, 2.75) is 43.8 Å². The second kappa shape index (κ2) is 8.91. The molecule has 2 bridgehead atoms. The highest BCUT2D eigenvalue weighted by molar-refractivity contribution is 6.05. The van der Waals surface area contributed by atoms with E-state index in [1.165, 1.54) is 12.8 Å². The van der Waals surface area contributed by atoms with Gasteiger partial charge >= 0.3 is 0 Å². The molecule has 2 aliphatic heterocycles. The zero-order valence-corrected chi connectivity index (χ0v) is 15.0. The fourth-order valence-corrected chi connectivity index (χ4v) is 4.07. The van der Waals surface area contributed by atoms with Crippen molar-refractivity contribution in [3.8, 4) is 0 Å². The zero-order chi connectivity index (χ0) is 18.7. The van der Waals surface area contributed by atoms with Gasteiger partial charge in [0.2, 0.25) is 0 Å². The third-order valence-corrected chi connectivity index (χ3v) is 5.37. The molecule has 10 nitrogen and oxygen atoms in total. The van der Waals surface area contributed by atoms with Gasteiger partial charge in [0.15, 0.2) is 5.69 Å². The Hall–Kier alpha value is -2.53. The van der Waals surface area contributed by atoms with E-state index in [4.69, 9.17) is 9.90 Å². The summed E-state index contributed by atoms with van der Waals surface area (Å²) >= 11 is 0. The molecule has 7 N–H and O–H groups in total. The van der Waals surface area contributed by atoms with Crippen LogP contribution >= 0.6 is 0 Å². The zero-order valence-electron chi connectivity index (χ0n) is 15.0. The lowest BCUT2D eigenvalue weighted by Crippen LogP contribution is -2.70. The first kappa shape index (κ1) is 20.8. The first-order valence-electron chi connectivity index (χ1n) is 8.61. The lowest BCUT2D eigenvalue weighted by molar-refractivity contribution is -0.497. The second-order valence-corrected chi connectivity index (χ2v) is 6.79. The number of nitrogens with zero attached hydrogens (tertiary/aromatic N) is 2. The number of hydrogen-bond acceptors (Lipinski definition) is 5. The summed E-state index contributed by atoms with van der Waals surface area (Å²) < 4.78 is 0. The van der Waals surface area contributed by atoms with E-state index in [9.17, 15) is 10.0 Å². The van der Waals surface area contributed by atoms with Gasteiger partial charge in [-0.05, 0) is 38.8 Å². The molecule has 2 unspecified atom stereocenters. The SMILES string of the molecule is CN1C2CCC1CC(NC(=O)c1n[nH]c3cc([NH2+][O-])ccc13)C2.O.O=CO. The molecular formula is C17H25N5O5. The molecule has 27 heavy (non-hydrogen) atoms. The van der Waals surface area contributed by atoms with Crippen LogP contribution in [-0.4, -0.2) is 63.2 Å². The largest absolute Gasteiger partial charge is 0.630 e. The summed E-state index contributed by atoms with van der Waals surface area (Å²) in [5, 5.41) is 28.6. The Balaban J connectivity index is 0.000000614. The summed E-state index contributed by atoms with van der Waals surface area (Å²) in [6, 6.07) is 6.59. The summed E-state index contributed by atoms with van der Waals surface area (Å²) in [5.74, 6) is -0.135. The number of amides is 1. The van der Waals surface area contributed by atoms with Gasteiger partial charge in [0.25, 0.3) is 12.4 Å². The highest BCUT2D eigenvalue weighted by Gasteiger charge is 2.39. The van der Waals surface area contributed by atoms with Gasteiger partial charge in [0, 0.05) is 35.6 Å². The predicted octanol–water partition coefficient (Wildman–Crippen LogP) is -0.513. The first-order chi connectivity index (χ1) is 12.6. The number of piperidine rings is 1. The number of nitrogens with one attached hydrogen (secondary N) is 2. The monoisotopic (exact) mass is 379 g/mol. The number of aromatic nitrogens is 2. The number of H-pyrrole nitrogens is 1. The van der Waals surface area contributed by atoms with E-state index in [1.54, 1.807) is 18.2 Å². The topological polar surface area (TPSA) is 169 Å². The maximum atomic E-state index is 12.6. The van der Waals surface area contributed by atoms with Crippen LogP contribution in [0.4, 0.5) is 5.69 Å². The Morgan fingerprint density at radius 3 is 2.63 bits per heavy atom. The molecule has 0 spiro atoms. The van der Waals surface area contributed by atoms with Crippen molar-refractivity contribution < 1.29 is 25.7 Å². The van der Waals surface area contributed by atoms with Crippen LogP contribution in [-0.2, 0) is 4.79 Å². The summed E-state index contributed by atoms with van der Waals surface area (Å²) in [6.07, 6.45) is 4.48. The molecule has 0 aliphatic carbocycles. The number of aromatic amines is 1. The molecule has 0 radical (unpaired) electrons. The molecule has 2 saturated heterocycles. The van der Waals surface area contributed by atoms with Gasteiger partial charge in [0.1, 0.15) is 5.69 Å². The summed E-state index contributed by atoms with van der Waals surface area (Å²) in [6.45, 7) is -0.250. The maximum Gasteiger partial charge on any atom is 0.290 e. The lowest BCUT2D eigenvalue weighted by atomic mass is 9.98. The molecule has 4 rings (SSSR count). The van der Waals surface area contributed by atoms with Gasteiger partial charge in [0.05, 0.1) is 5.52 Å². The standard InChI is InChI=1S/C16H21N5O2.CH2O2.H2O/c1-21-11-3-4-12(21)7-10(6-11)17-16(22)15-13-5-2-9(20-23)8-14(13)18-19-15;2-1-3;/h2,5,8,10-12H,3-4,6-7,20H2,1H3,(H,17,22)(H,18,19);1H,(H,2,3);1H2. The van der Waals surface area contributed by atoms with Gasteiger partial charge in [-0.2, -0.15) is 5.10 Å². The molecule has 10 heteroatoms. The highest BCUT2D eigenvalue weighted by Crippen LogP contribution is 2.34. The van der Waals surface area contributed by atoms with Crippen molar-refractivity contribution in [1.82, 2.24) is 20.4 Å². The number of rotatable bonds is 3. The second-order valence-electron chi connectivity index (χ2n) is 6.79. The van der Waals surface area contributed by atoms with Gasteiger partial charge in [-0.15, -0.1) is 0 Å². The molecule has 1 amide bonds. The molecular weight excluding hydrogens is 354 g/mol. The van der Waals surface area contributed by atoms with Crippen LogP contribution in [0.25, 0.3) is 10.9 Å². The van der Waals surface area contributed by atoms with Crippen molar-refractivity contribution in [2.24, 2.45) is 0 Å². The van der Waals surface area contributed by atoms with Gasteiger partial charge in [-0.1, -0.05) is 0 Å². The van der Waals surface area contributed by atoms with Crippen LogP contribution < -0.4 is 10.8 Å². The summed E-state index contributed by atoms with van der Waals surface area (Å²) in [5.41, 5.74) is 2.47. The number of nitrogens with two attached hydrogens (primary N) is 1. The van der Waals surface area contributed by atoms with E-state index in [2.05, 4.69) is 27.5 Å². The summed E-state index contributed by atoms with van der Waals surface area (Å²) in [4.78, 5) is 23.4. The predicted molar refractivity (Wildman–Crippen MR) is 98.4 cm³/mol. The van der Waals surface area contributed by atoms with Crippen molar-refractivity contribution >= 4 is 29.0 Å². The third-order valence-electron chi connectivity index (χ3n) is 5.37. The number of benzene rings is 1. The Bertz CT molecular complexity index is 781. The minimum Gasteiger partial charge on any atom is -0.630 e. The third kappa shape index (κ3) is 4.25. The molecule has 2 aromatic rings. The van der Waals surface area contributed by atoms with E-state index in [0.29, 0.717) is 29.0 Å². The van der Waals surface area contributed by atoms with Gasteiger partial charge < -0.3 is 31.5 Å². The van der Waals surface area contributed by atoms with Crippen LogP contribution in [0, 0.1) is 5.21 Å². The van der Waals surface area contributed by atoms with E-state index >= 15 is 0 Å². The quantitative estimate of drug-likeness (QED) is 0.318. The van der Waals surface area contributed by atoms with Crippen molar-refractivity contribution in [2.75, 3.05) is 7.05 Å². The molecule has 1 aromatic heterocycles. The van der Waals surface area contributed by atoms with Crippen LogP contribution in [0.2, 0.25) is 0 Å². The van der Waals surface area contributed by atoms with Crippen molar-refractivity contribution in [1.29, 1.82) is 0 Å². The van der Waals surface area contributed by atoms with E-state index in [0.717, 1.165) is 23.7 Å². The Labute approximate surface area is 155 Å². The molecule has 2 aliphatic rings. The van der Waals surface area contributed by atoms with Crippen LogP contribution in [0.5, 0.6) is 0 Å². The first-order valence-corrected chi connectivity index (χ1v) is 8.61. The number of carbonyl (C=O) groups excluding carboxylic acids is 1. The number of quaternary nitrogens is 1. The maximum absolute atomic E-state index is 12.6. The van der Waals surface area contributed by atoms with Crippen molar-refractivity contribution in [3.05, 3.63) is 29.1 Å². The average molecular weight is 379 g/mol. The normalized spacial score (nSPS) is 23.9. The number of fused-ring (bicyclic) bond motifs is 3. The number of carboxylic acid groups (broad SMARTS) is 1. The summed E-state index contributed by atoms with van der Waals surface area (Å²) in [7, 11) is 2.19. The molecule has 148 valence electrons. The minimum atomic E-state index is -0.250. The Morgan fingerprint density at radius 2 is 2.04 bits per heavy atom. The smallest absolute Gasteiger partial charge is 0.290 e. The highest BCUT2D eigenvalue weighted by atomic mass is 16.5. The minimum absolute atomic E-state index is 0. The van der Waals surface area contributed by atoms with Gasteiger partial charge in [-0.3, -0.25) is 14.7 Å². The molecule has 1 aromatic carbocycles. The Kier molecular flexibility index (Phi) is 6.86. The fourth-order valence-electron chi connectivity index (χ4n) is 4.07. The Morgan fingerprint density at radius 1 is 1.41 bits per heavy atom. The van der Waals surface area contributed by atoms with Gasteiger partial charge in [-0.25, -0.2) is 0 Å². The lowest BCUT2D eigenvalue weighted by Gasteiger charge is -2.36. The van der Waals surface area contributed by atoms with E-state index < -0.39 is 0 Å². The fraction of sp³-hybridized carbons (Fsp3) is 0.471. The molecule has 0 saturated carbocycles. The van der Waals surface area contributed by atoms with Crippen LogP contribution in [0.1, 0.15) is 36.2 Å². The molecule has 3 heterocycles. The van der Waals surface area contributed by atoms with Crippen LogP contribution in [0.15, 0.2) is 18.2 Å². The van der Waals surface area contributed by atoms with Crippen LogP contribution in [0.3, 0.4) is 0 Å². The molecule has 2 atom stereocenters. The number of carbonyl (C=O) groups is 2. The van der Waals surface area contributed by atoms with Crippen molar-refractivity contribution in [3.63, 3.8) is 0 Å². The van der Waals surface area contributed by atoms with E-state index in [-0.39, 0.29) is 23.9 Å². The van der Waals surface area contributed by atoms with E-state index in [1.807, 2.05) is 0 Å². The average Bonchev–Trinajstić information content (AvgIpc) is 3.12. The number of hydrogen-bond donors (Lipinski definition) is 4.